The third kappa shape index (κ3) is 3.34. The van der Waals surface area contributed by atoms with Gasteiger partial charge < -0.3 is 9.64 Å². The molecule has 3 aliphatic rings. The van der Waals surface area contributed by atoms with Crippen molar-refractivity contribution in [2.24, 2.45) is 5.92 Å². The highest BCUT2D eigenvalue weighted by Gasteiger charge is 2.41. The first kappa shape index (κ1) is 14.3. The Morgan fingerprint density at radius 3 is 2.80 bits per heavy atom. The van der Waals surface area contributed by atoms with E-state index >= 15 is 0 Å². The second kappa shape index (κ2) is 6.44. The Hall–Kier alpha value is -0.610. The Balaban J connectivity index is 1.45. The number of rotatable bonds is 5. The van der Waals surface area contributed by atoms with Crippen molar-refractivity contribution < 1.29 is 9.53 Å². The summed E-state index contributed by atoms with van der Waals surface area (Å²) in [6.07, 6.45) is 8.50. The van der Waals surface area contributed by atoms with Gasteiger partial charge in [-0.15, -0.1) is 0 Å². The minimum atomic E-state index is -0.0718. The van der Waals surface area contributed by atoms with E-state index in [1.54, 1.807) is 0 Å². The number of carbonyl (C=O) groups excluding carboxylic acids is 1. The van der Waals surface area contributed by atoms with Crippen LogP contribution in [0.15, 0.2) is 0 Å². The van der Waals surface area contributed by atoms with Gasteiger partial charge in [0.15, 0.2) is 0 Å². The molecule has 2 unspecified atom stereocenters. The molecule has 0 aromatic rings. The van der Waals surface area contributed by atoms with Crippen LogP contribution in [0.1, 0.15) is 44.9 Å². The van der Waals surface area contributed by atoms with Crippen LogP contribution in [0.2, 0.25) is 0 Å². The molecule has 2 aliphatic heterocycles. The summed E-state index contributed by atoms with van der Waals surface area (Å²) in [5, 5.41) is 0. The number of hydrogen-bond acceptors (Lipinski definition) is 4. The predicted octanol–water partition coefficient (Wildman–Crippen LogP) is 1.89. The van der Waals surface area contributed by atoms with Crippen LogP contribution in [-0.4, -0.2) is 61.1 Å². The van der Waals surface area contributed by atoms with Gasteiger partial charge in [0, 0.05) is 25.0 Å². The number of nitrogens with zero attached hydrogens (tertiary/aromatic N) is 2. The fourth-order valence-corrected chi connectivity index (χ4v) is 4.13. The van der Waals surface area contributed by atoms with Crippen LogP contribution < -0.4 is 0 Å². The number of esters is 1. The van der Waals surface area contributed by atoms with Crippen LogP contribution in [-0.2, 0) is 9.53 Å². The van der Waals surface area contributed by atoms with Gasteiger partial charge >= 0.3 is 5.97 Å². The average Bonchev–Trinajstić information content (AvgIpc) is 3.30. The molecule has 0 aromatic carbocycles. The Morgan fingerprint density at radius 1 is 1.20 bits per heavy atom. The maximum atomic E-state index is 11.2. The molecule has 20 heavy (non-hydrogen) atoms. The topological polar surface area (TPSA) is 32.8 Å². The zero-order valence-corrected chi connectivity index (χ0v) is 12.7. The lowest BCUT2D eigenvalue weighted by Gasteiger charge is -2.47. The fraction of sp³-hybridized carbons (Fsp3) is 0.938. The summed E-state index contributed by atoms with van der Waals surface area (Å²) >= 11 is 0. The molecule has 3 fully saturated rings. The maximum absolute atomic E-state index is 11.2. The van der Waals surface area contributed by atoms with Crippen LogP contribution in [0.4, 0.5) is 0 Å². The van der Waals surface area contributed by atoms with E-state index in [0.717, 1.165) is 31.0 Å². The van der Waals surface area contributed by atoms with Crippen molar-refractivity contribution in [3.8, 4) is 0 Å². The van der Waals surface area contributed by atoms with Crippen molar-refractivity contribution in [2.75, 3.05) is 33.3 Å². The lowest BCUT2D eigenvalue weighted by atomic mass is 9.83. The molecule has 0 amide bonds. The molecule has 114 valence electrons. The molecule has 2 saturated heterocycles. The predicted molar refractivity (Wildman–Crippen MR) is 78.5 cm³/mol. The molecule has 0 aromatic heterocycles. The first-order valence-electron chi connectivity index (χ1n) is 8.33. The summed E-state index contributed by atoms with van der Waals surface area (Å²) in [7, 11) is 1.47. The first-order valence-corrected chi connectivity index (χ1v) is 8.33. The number of piperidine rings is 2. The molecule has 4 heteroatoms. The van der Waals surface area contributed by atoms with Gasteiger partial charge in [0.1, 0.15) is 0 Å². The van der Waals surface area contributed by atoms with Gasteiger partial charge in [-0.3, -0.25) is 9.69 Å². The summed E-state index contributed by atoms with van der Waals surface area (Å²) < 4.78 is 4.71. The average molecular weight is 280 g/mol. The minimum Gasteiger partial charge on any atom is -0.469 e. The van der Waals surface area contributed by atoms with E-state index in [1.807, 2.05) is 0 Å². The molecule has 4 nitrogen and oxygen atoms in total. The Kier molecular flexibility index (Phi) is 4.61. The van der Waals surface area contributed by atoms with E-state index < -0.39 is 0 Å². The van der Waals surface area contributed by atoms with E-state index in [0.29, 0.717) is 6.42 Å². The van der Waals surface area contributed by atoms with Crippen LogP contribution in [0.5, 0.6) is 0 Å². The zero-order chi connectivity index (χ0) is 13.9. The van der Waals surface area contributed by atoms with E-state index in [2.05, 4.69) is 9.80 Å². The number of likely N-dealkylation sites (tertiary alicyclic amines) is 2. The summed E-state index contributed by atoms with van der Waals surface area (Å²) in [5.41, 5.74) is 0. The molecule has 0 bridgehead atoms. The number of ether oxygens (including phenoxy) is 1. The van der Waals surface area contributed by atoms with E-state index in [9.17, 15) is 4.79 Å². The molecule has 2 heterocycles. The Bertz CT molecular complexity index is 343. The Morgan fingerprint density at radius 2 is 2.05 bits per heavy atom. The number of methoxy groups -OCH3 is 1. The molecule has 1 aliphatic carbocycles. The van der Waals surface area contributed by atoms with Gasteiger partial charge in [-0.25, -0.2) is 0 Å². The first-order chi connectivity index (χ1) is 9.78. The van der Waals surface area contributed by atoms with Crippen molar-refractivity contribution in [1.82, 2.24) is 9.80 Å². The third-order valence-electron chi connectivity index (χ3n) is 5.29. The van der Waals surface area contributed by atoms with Gasteiger partial charge in [-0.05, 0) is 64.1 Å². The molecular formula is C16H28N2O2. The smallest absolute Gasteiger partial charge is 0.305 e. The summed E-state index contributed by atoms with van der Waals surface area (Å²) in [5.74, 6) is 0.800. The highest BCUT2D eigenvalue weighted by molar-refractivity contribution is 5.69. The van der Waals surface area contributed by atoms with Crippen molar-refractivity contribution >= 4 is 5.97 Å². The Labute approximate surface area is 122 Å². The van der Waals surface area contributed by atoms with Gasteiger partial charge in [-0.2, -0.15) is 0 Å². The van der Waals surface area contributed by atoms with Crippen LogP contribution >= 0.6 is 0 Å². The number of carbonyl (C=O) groups is 1. The van der Waals surface area contributed by atoms with E-state index in [-0.39, 0.29) is 5.97 Å². The highest BCUT2D eigenvalue weighted by Crippen LogP contribution is 2.38. The summed E-state index contributed by atoms with van der Waals surface area (Å²) in [4.78, 5) is 16.5. The largest absolute Gasteiger partial charge is 0.469 e. The summed E-state index contributed by atoms with van der Waals surface area (Å²) in [6.45, 7) is 4.86. The quantitative estimate of drug-likeness (QED) is 0.720. The van der Waals surface area contributed by atoms with Gasteiger partial charge in [0.2, 0.25) is 0 Å². The van der Waals surface area contributed by atoms with Crippen molar-refractivity contribution in [3.05, 3.63) is 0 Å². The number of fused-ring (bicyclic) bond motifs is 1. The second-order valence-electron chi connectivity index (χ2n) is 6.71. The molecular weight excluding hydrogens is 252 g/mol. The zero-order valence-electron chi connectivity index (χ0n) is 12.7. The van der Waals surface area contributed by atoms with Gasteiger partial charge in [0.05, 0.1) is 7.11 Å². The van der Waals surface area contributed by atoms with Crippen molar-refractivity contribution in [2.45, 2.75) is 57.0 Å². The molecule has 0 N–H and O–H groups in total. The number of hydrogen-bond donors (Lipinski definition) is 0. The van der Waals surface area contributed by atoms with E-state index in [4.69, 9.17) is 4.74 Å². The minimum absolute atomic E-state index is 0.0718. The maximum Gasteiger partial charge on any atom is 0.305 e. The van der Waals surface area contributed by atoms with E-state index in [1.165, 1.54) is 58.8 Å². The third-order valence-corrected chi connectivity index (χ3v) is 5.29. The standard InChI is InChI=1S/C16H28N2O2/c1-20-16(19)5-3-9-17-11-8-15-13(12-17)4-2-10-18(15)14-6-7-14/h13-15H,2-12H2,1H3. The van der Waals surface area contributed by atoms with Crippen LogP contribution in [0, 0.1) is 5.92 Å². The molecule has 2 atom stereocenters. The normalized spacial score (nSPS) is 31.9. The second-order valence-corrected chi connectivity index (χ2v) is 6.71. The van der Waals surface area contributed by atoms with Crippen molar-refractivity contribution in [3.63, 3.8) is 0 Å². The summed E-state index contributed by atoms with van der Waals surface area (Å²) in [6, 6.07) is 1.78. The lowest BCUT2D eigenvalue weighted by Crippen LogP contribution is -2.54. The SMILES string of the molecule is COC(=O)CCCN1CCC2C(CCCN2C2CC2)C1. The molecule has 1 saturated carbocycles. The van der Waals surface area contributed by atoms with Crippen LogP contribution in [0.25, 0.3) is 0 Å². The van der Waals surface area contributed by atoms with Crippen LogP contribution in [0.3, 0.4) is 0 Å². The van der Waals surface area contributed by atoms with Gasteiger partial charge in [-0.1, -0.05) is 0 Å². The molecule has 0 radical (unpaired) electrons. The lowest BCUT2D eigenvalue weighted by molar-refractivity contribution is -0.140. The molecule has 3 rings (SSSR count). The van der Waals surface area contributed by atoms with Crippen molar-refractivity contribution in [1.29, 1.82) is 0 Å². The monoisotopic (exact) mass is 280 g/mol. The van der Waals surface area contributed by atoms with Gasteiger partial charge in [0.25, 0.3) is 0 Å². The highest BCUT2D eigenvalue weighted by atomic mass is 16.5. The fourth-order valence-electron chi connectivity index (χ4n) is 4.13. The molecule has 0 spiro atoms.